The summed E-state index contributed by atoms with van der Waals surface area (Å²) in [6, 6.07) is 51.8. The summed E-state index contributed by atoms with van der Waals surface area (Å²) in [5.74, 6) is 0.750. The van der Waals surface area contributed by atoms with Crippen molar-refractivity contribution in [1.29, 1.82) is 0 Å². The molecule has 0 radical (unpaired) electrons. The van der Waals surface area contributed by atoms with Crippen LogP contribution < -0.4 is 0 Å². The van der Waals surface area contributed by atoms with E-state index < -0.39 is 0 Å². The molecule has 0 atom stereocenters. The molecule has 45 heavy (non-hydrogen) atoms. The van der Waals surface area contributed by atoms with Crippen LogP contribution in [0.4, 0.5) is 0 Å². The Balaban J connectivity index is 1.24. The normalized spacial score (nSPS) is 11.7. The fraction of sp³-hybridized carbons (Fsp3) is 0.0244. The molecular weight excluding hydrogens is 567 g/mol. The van der Waals surface area contributed by atoms with Crippen LogP contribution in [-0.4, -0.2) is 14.5 Å². The van der Waals surface area contributed by atoms with Gasteiger partial charge in [0.2, 0.25) is 0 Å². The number of benzene rings is 6. The van der Waals surface area contributed by atoms with Crippen LogP contribution in [0.1, 0.15) is 5.56 Å². The van der Waals surface area contributed by atoms with Crippen molar-refractivity contribution in [2.75, 3.05) is 0 Å². The van der Waals surface area contributed by atoms with Gasteiger partial charge in [-0.15, -0.1) is 11.3 Å². The predicted octanol–water partition coefficient (Wildman–Crippen LogP) is 11.3. The van der Waals surface area contributed by atoms with Gasteiger partial charge in [-0.25, -0.2) is 9.97 Å². The molecule has 3 aromatic heterocycles. The minimum Gasteiger partial charge on any atom is -0.309 e. The molecule has 0 fully saturated rings. The van der Waals surface area contributed by atoms with E-state index in [9.17, 15) is 0 Å². The zero-order valence-corrected chi connectivity index (χ0v) is 25.4. The number of aromatic nitrogens is 3. The van der Waals surface area contributed by atoms with Gasteiger partial charge in [0.1, 0.15) is 0 Å². The number of fused-ring (bicyclic) bond motifs is 6. The van der Waals surface area contributed by atoms with Gasteiger partial charge in [0, 0.05) is 37.7 Å². The SMILES string of the molecule is Cc1cc(-c2ccc3c(c2)sc2c(-c4ccccc4)nc(-c4ccccc4)nc23)cc(-n2c3ccccc3c3ccccc32)c1. The lowest BCUT2D eigenvalue weighted by molar-refractivity contribution is 1.17. The Kier molecular flexibility index (Phi) is 5.90. The van der Waals surface area contributed by atoms with Gasteiger partial charge >= 0.3 is 0 Å². The van der Waals surface area contributed by atoms with E-state index >= 15 is 0 Å². The van der Waals surface area contributed by atoms with Crippen molar-refractivity contribution in [3.8, 4) is 39.5 Å². The van der Waals surface area contributed by atoms with Gasteiger partial charge < -0.3 is 4.57 Å². The predicted molar refractivity (Wildman–Crippen MR) is 190 cm³/mol. The molecule has 0 bridgehead atoms. The molecule has 0 unspecified atom stereocenters. The third kappa shape index (κ3) is 4.26. The first-order chi connectivity index (χ1) is 22.2. The van der Waals surface area contributed by atoms with Crippen molar-refractivity contribution in [2.24, 2.45) is 0 Å². The number of para-hydroxylation sites is 2. The quantitative estimate of drug-likeness (QED) is 0.203. The lowest BCUT2D eigenvalue weighted by atomic mass is 10.0. The molecule has 0 aliphatic heterocycles. The summed E-state index contributed by atoms with van der Waals surface area (Å²) in [5.41, 5.74) is 11.3. The van der Waals surface area contributed by atoms with E-state index in [-0.39, 0.29) is 0 Å². The average molecular weight is 594 g/mol. The Hall–Kier alpha value is -5.58. The van der Waals surface area contributed by atoms with Crippen LogP contribution in [-0.2, 0) is 0 Å². The lowest BCUT2D eigenvalue weighted by Crippen LogP contribution is -1.95. The second-order valence-corrected chi connectivity index (χ2v) is 12.6. The standard InChI is InChI=1S/C41H27N3S/c1-26-22-30(24-31(23-26)44-35-18-10-8-16-32(35)33-17-9-11-19-36(33)44)29-20-21-34-37(25-29)45-40-38(27-12-4-2-5-13-27)42-41(43-39(34)40)28-14-6-3-7-15-28/h2-25H,1H3. The number of aryl methyl sites for hydroxylation is 1. The molecule has 0 aliphatic carbocycles. The second-order valence-electron chi connectivity index (χ2n) is 11.5. The highest BCUT2D eigenvalue weighted by atomic mass is 32.1. The topological polar surface area (TPSA) is 30.7 Å². The number of nitrogens with zero attached hydrogens (tertiary/aromatic N) is 3. The summed E-state index contributed by atoms with van der Waals surface area (Å²) in [6.45, 7) is 2.19. The molecule has 9 rings (SSSR count). The van der Waals surface area contributed by atoms with E-state index in [2.05, 4.69) is 133 Å². The van der Waals surface area contributed by atoms with Crippen LogP contribution in [0.5, 0.6) is 0 Å². The third-order valence-corrected chi connectivity index (χ3v) is 9.78. The van der Waals surface area contributed by atoms with Crippen molar-refractivity contribution >= 4 is 53.4 Å². The van der Waals surface area contributed by atoms with E-state index in [1.54, 1.807) is 11.3 Å². The molecular formula is C41H27N3S. The molecule has 0 amide bonds. The molecule has 0 aliphatic rings. The maximum absolute atomic E-state index is 5.14. The smallest absolute Gasteiger partial charge is 0.160 e. The van der Waals surface area contributed by atoms with E-state index in [1.807, 2.05) is 24.3 Å². The second kappa shape index (κ2) is 10.3. The number of hydrogen-bond acceptors (Lipinski definition) is 3. The number of rotatable bonds is 4. The molecule has 6 aromatic carbocycles. The molecule has 4 heteroatoms. The van der Waals surface area contributed by atoms with Gasteiger partial charge in [-0.1, -0.05) is 115 Å². The summed E-state index contributed by atoms with van der Waals surface area (Å²) in [5, 5.41) is 3.70. The number of thiophene rings is 1. The molecule has 3 heterocycles. The highest BCUT2D eigenvalue weighted by Gasteiger charge is 2.18. The van der Waals surface area contributed by atoms with Gasteiger partial charge in [-0.05, 0) is 53.9 Å². The fourth-order valence-corrected chi connectivity index (χ4v) is 7.78. The first kappa shape index (κ1) is 25.9. The van der Waals surface area contributed by atoms with Crippen LogP contribution >= 0.6 is 11.3 Å². The summed E-state index contributed by atoms with van der Waals surface area (Å²) >= 11 is 1.78. The molecule has 3 nitrogen and oxygen atoms in total. The monoisotopic (exact) mass is 593 g/mol. The first-order valence-corrected chi connectivity index (χ1v) is 16.0. The Bertz CT molecular complexity index is 2490. The Morgan fingerprint density at radius 1 is 0.511 bits per heavy atom. The molecule has 0 saturated heterocycles. The van der Waals surface area contributed by atoms with Gasteiger partial charge in [0.25, 0.3) is 0 Å². The minimum absolute atomic E-state index is 0.750. The molecule has 0 N–H and O–H groups in total. The zero-order valence-electron chi connectivity index (χ0n) is 24.6. The van der Waals surface area contributed by atoms with Crippen LogP contribution in [0.15, 0.2) is 146 Å². The minimum atomic E-state index is 0.750. The summed E-state index contributed by atoms with van der Waals surface area (Å²) in [6.07, 6.45) is 0. The van der Waals surface area contributed by atoms with Gasteiger partial charge in [0.15, 0.2) is 5.82 Å². The summed E-state index contributed by atoms with van der Waals surface area (Å²) in [7, 11) is 0. The van der Waals surface area contributed by atoms with Crippen LogP contribution in [0.25, 0.3) is 81.6 Å². The largest absolute Gasteiger partial charge is 0.309 e. The Morgan fingerprint density at radius 2 is 1.16 bits per heavy atom. The van der Waals surface area contributed by atoms with Gasteiger partial charge in [0.05, 0.1) is 26.9 Å². The molecule has 212 valence electrons. The Morgan fingerprint density at radius 3 is 1.87 bits per heavy atom. The summed E-state index contributed by atoms with van der Waals surface area (Å²) in [4.78, 5) is 10.3. The zero-order chi connectivity index (χ0) is 29.9. The van der Waals surface area contributed by atoms with Crippen LogP contribution in [0.2, 0.25) is 0 Å². The molecule has 9 aromatic rings. The van der Waals surface area contributed by atoms with Gasteiger partial charge in [-0.3, -0.25) is 0 Å². The molecule has 0 saturated carbocycles. The van der Waals surface area contributed by atoms with E-state index in [0.717, 1.165) is 38.2 Å². The first-order valence-electron chi connectivity index (χ1n) is 15.2. The van der Waals surface area contributed by atoms with Crippen LogP contribution in [0, 0.1) is 6.92 Å². The molecule has 0 spiro atoms. The van der Waals surface area contributed by atoms with Crippen molar-refractivity contribution in [3.63, 3.8) is 0 Å². The average Bonchev–Trinajstić information content (AvgIpc) is 3.64. The van der Waals surface area contributed by atoms with Gasteiger partial charge in [-0.2, -0.15) is 0 Å². The van der Waals surface area contributed by atoms with Crippen molar-refractivity contribution in [3.05, 3.63) is 151 Å². The van der Waals surface area contributed by atoms with Crippen LogP contribution in [0.3, 0.4) is 0 Å². The van der Waals surface area contributed by atoms with E-state index in [1.165, 1.54) is 48.9 Å². The highest BCUT2D eigenvalue weighted by Crippen LogP contribution is 2.41. The lowest BCUT2D eigenvalue weighted by Gasteiger charge is -2.12. The van der Waals surface area contributed by atoms with Crippen molar-refractivity contribution in [1.82, 2.24) is 14.5 Å². The Labute approximate surface area is 264 Å². The maximum atomic E-state index is 5.14. The van der Waals surface area contributed by atoms with Crippen molar-refractivity contribution < 1.29 is 0 Å². The maximum Gasteiger partial charge on any atom is 0.160 e. The third-order valence-electron chi connectivity index (χ3n) is 8.63. The van der Waals surface area contributed by atoms with Crippen molar-refractivity contribution in [2.45, 2.75) is 6.92 Å². The fourth-order valence-electron chi connectivity index (χ4n) is 6.59. The summed E-state index contributed by atoms with van der Waals surface area (Å²) < 4.78 is 4.72. The van der Waals surface area contributed by atoms with E-state index in [4.69, 9.17) is 9.97 Å². The van der Waals surface area contributed by atoms with E-state index in [0.29, 0.717) is 0 Å². The number of hydrogen-bond donors (Lipinski definition) is 0. The highest BCUT2D eigenvalue weighted by molar-refractivity contribution is 7.26.